The minimum atomic E-state index is -0.181. The van der Waals surface area contributed by atoms with Crippen molar-refractivity contribution < 1.29 is 13.4 Å². The molecule has 180 valence electrons. The molecule has 1 heterocycles. The Bertz CT molecular complexity index is 463. The van der Waals surface area contributed by atoms with Gasteiger partial charge in [0.25, 0.3) is 0 Å². The van der Waals surface area contributed by atoms with Crippen molar-refractivity contribution in [2.75, 3.05) is 6.54 Å². The molecule has 1 aliphatic heterocycles. The Labute approximate surface area is 208 Å². The van der Waals surface area contributed by atoms with Crippen LogP contribution in [-0.4, -0.2) is 12.6 Å². The summed E-state index contributed by atoms with van der Waals surface area (Å²) in [5.74, 6) is 7.26. The predicted molar refractivity (Wildman–Crippen MR) is 131 cm³/mol. The Kier molecular flexibility index (Phi) is 11.4. The quantitative estimate of drug-likeness (QED) is 0.377. The van der Waals surface area contributed by atoms with Gasteiger partial charge in [0.2, 0.25) is 0 Å². The van der Waals surface area contributed by atoms with Crippen LogP contribution in [0.1, 0.15) is 96.3 Å². The molecule has 5 fully saturated rings. The first kappa shape index (κ1) is 26.7. The van der Waals surface area contributed by atoms with Gasteiger partial charge in [-0.15, -0.1) is 0 Å². The third-order valence-electron chi connectivity index (χ3n) is 9.90. The fourth-order valence-electron chi connectivity index (χ4n) is 8.58. The third-order valence-corrected chi connectivity index (χ3v) is 9.90. The van der Waals surface area contributed by atoms with Crippen LogP contribution in [-0.2, 0) is 13.4 Å². The number of nitrogens with one attached hydrogen (secondary N) is 1. The summed E-state index contributed by atoms with van der Waals surface area (Å²) in [5.41, 5.74) is 0. The van der Waals surface area contributed by atoms with Crippen LogP contribution in [0.3, 0.4) is 0 Å². The van der Waals surface area contributed by atoms with Gasteiger partial charge in [0.1, 0.15) is 0 Å². The standard InChI is InChI=1S/C26H43N.CH3.2ClH.Cr/c1-18-23(14-19-8-3-2-4-9-19)25-15-20-10-7-11-21(20)16-26(25)24(18)17-22-12-5-6-13-27-22;;;;/h1,18-27H,2-17H2;1H3;2*1H;/q;-1;;;+2/p-2. The SMILES string of the molecule is [CH3-].[CH]C1C(CC2CCCCC2)C2CC3CCCC3CC2C1CC1CCCCN1.[Cl][Cr][Cl]. The Morgan fingerprint density at radius 1 is 0.742 bits per heavy atom. The van der Waals surface area contributed by atoms with Crippen LogP contribution in [0.25, 0.3) is 0 Å². The summed E-state index contributed by atoms with van der Waals surface area (Å²) in [7, 11) is 9.65. The third kappa shape index (κ3) is 6.60. The molecule has 0 aromatic carbocycles. The second kappa shape index (κ2) is 13.2. The van der Waals surface area contributed by atoms with E-state index < -0.39 is 0 Å². The monoisotopic (exact) mass is 506 g/mol. The normalized spacial score (nSPS) is 42.7. The molecular weight excluding hydrogens is 461 g/mol. The first-order chi connectivity index (χ1) is 14.7. The number of hydrogen-bond donors (Lipinski definition) is 1. The van der Waals surface area contributed by atoms with Crippen molar-refractivity contribution in [1.29, 1.82) is 0 Å². The van der Waals surface area contributed by atoms with Crippen LogP contribution in [0.5, 0.6) is 0 Å². The van der Waals surface area contributed by atoms with Gasteiger partial charge in [-0.05, 0) is 99.3 Å². The first-order valence-corrected chi connectivity index (χ1v) is 16.6. The Balaban J connectivity index is 0.000000645. The van der Waals surface area contributed by atoms with Crippen molar-refractivity contribution in [3.05, 3.63) is 14.4 Å². The molecule has 0 aromatic rings. The average molecular weight is 508 g/mol. The molecule has 0 spiro atoms. The average Bonchev–Trinajstić information content (AvgIpc) is 3.32. The molecule has 4 heteroatoms. The molecule has 1 N–H and O–H groups in total. The van der Waals surface area contributed by atoms with Crippen molar-refractivity contribution in [1.82, 2.24) is 5.32 Å². The number of rotatable bonds is 4. The molecule has 0 amide bonds. The van der Waals surface area contributed by atoms with Gasteiger partial charge < -0.3 is 12.7 Å². The molecule has 5 rings (SSSR count). The molecule has 8 atom stereocenters. The first-order valence-electron chi connectivity index (χ1n) is 13.1. The Morgan fingerprint density at radius 2 is 1.32 bits per heavy atom. The number of fused-ring (bicyclic) bond motifs is 2. The summed E-state index contributed by atoms with van der Waals surface area (Å²) in [6.07, 6.45) is 22.2. The van der Waals surface area contributed by atoms with Crippen molar-refractivity contribution in [2.24, 2.45) is 47.3 Å². The molecule has 2 radical (unpaired) electrons. The van der Waals surface area contributed by atoms with Crippen LogP contribution < -0.4 is 5.32 Å². The van der Waals surface area contributed by atoms with E-state index in [1.165, 1.54) is 90.0 Å². The van der Waals surface area contributed by atoms with E-state index in [0.717, 1.165) is 47.5 Å². The molecule has 5 aliphatic rings. The Hall–Kier alpha value is 1.07. The Morgan fingerprint density at radius 3 is 1.90 bits per heavy atom. The molecule has 1 nitrogen and oxygen atoms in total. The van der Waals surface area contributed by atoms with E-state index >= 15 is 0 Å². The fourth-order valence-corrected chi connectivity index (χ4v) is 8.58. The summed E-state index contributed by atoms with van der Waals surface area (Å²) in [6, 6.07) is 0.769. The van der Waals surface area contributed by atoms with Gasteiger partial charge >= 0.3 is 33.5 Å². The zero-order chi connectivity index (χ0) is 20.9. The number of hydrogen-bond acceptors (Lipinski definition) is 1. The van der Waals surface area contributed by atoms with Crippen molar-refractivity contribution in [3.63, 3.8) is 0 Å². The van der Waals surface area contributed by atoms with Crippen LogP contribution in [0.2, 0.25) is 0 Å². The summed E-state index contributed by atoms with van der Waals surface area (Å²) < 4.78 is 0. The van der Waals surface area contributed by atoms with E-state index in [0.29, 0.717) is 5.92 Å². The van der Waals surface area contributed by atoms with Gasteiger partial charge in [0.05, 0.1) is 0 Å². The topological polar surface area (TPSA) is 12.0 Å². The molecule has 0 aromatic heterocycles. The maximum atomic E-state index is 7.14. The van der Waals surface area contributed by atoms with Gasteiger partial charge in [-0.2, -0.15) is 0 Å². The summed E-state index contributed by atoms with van der Waals surface area (Å²) in [4.78, 5) is 0. The van der Waals surface area contributed by atoms with Crippen molar-refractivity contribution in [2.45, 2.75) is 102 Å². The van der Waals surface area contributed by atoms with E-state index in [1.54, 1.807) is 12.8 Å². The van der Waals surface area contributed by atoms with E-state index in [9.17, 15) is 0 Å². The number of halogens is 2. The molecule has 31 heavy (non-hydrogen) atoms. The maximum absolute atomic E-state index is 7.14. The molecule has 4 saturated carbocycles. The van der Waals surface area contributed by atoms with Gasteiger partial charge in [0, 0.05) is 6.04 Å². The molecule has 1 saturated heterocycles. The van der Waals surface area contributed by atoms with Crippen LogP contribution in [0.15, 0.2) is 0 Å². The van der Waals surface area contributed by atoms with E-state index in [4.69, 9.17) is 27.0 Å². The van der Waals surface area contributed by atoms with Crippen LogP contribution in [0.4, 0.5) is 0 Å². The van der Waals surface area contributed by atoms with Gasteiger partial charge in [-0.25, -0.2) is 0 Å². The second-order valence-corrected chi connectivity index (χ2v) is 13.4. The van der Waals surface area contributed by atoms with Gasteiger partial charge in [-0.1, -0.05) is 57.8 Å². The van der Waals surface area contributed by atoms with E-state index in [1.807, 2.05) is 0 Å². The van der Waals surface area contributed by atoms with Crippen LogP contribution >= 0.6 is 20.1 Å². The zero-order valence-electron chi connectivity index (χ0n) is 19.8. The predicted octanol–water partition coefficient (Wildman–Crippen LogP) is 8.33. The van der Waals surface area contributed by atoms with Crippen molar-refractivity contribution >= 4 is 20.1 Å². The van der Waals surface area contributed by atoms with E-state index in [-0.39, 0.29) is 20.8 Å². The molecule has 0 bridgehead atoms. The van der Waals surface area contributed by atoms with Crippen LogP contribution in [0, 0.1) is 61.7 Å². The minimum absolute atomic E-state index is 0. The van der Waals surface area contributed by atoms with E-state index in [2.05, 4.69) is 5.32 Å². The van der Waals surface area contributed by atoms with Crippen molar-refractivity contribution in [3.8, 4) is 0 Å². The second-order valence-electron chi connectivity index (χ2n) is 11.3. The van der Waals surface area contributed by atoms with Gasteiger partial charge in [-0.3, -0.25) is 0 Å². The molecule has 4 aliphatic carbocycles. The summed E-state index contributed by atoms with van der Waals surface area (Å²) in [6.45, 7) is 8.39. The van der Waals surface area contributed by atoms with Gasteiger partial charge in [0.15, 0.2) is 0 Å². The summed E-state index contributed by atoms with van der Waals surface area (Å²) >= 11 is -0.181. The fraction of sp³-hybridized carbons (Fsp3) is 0.926. The molecule has 8 unspecified atom stereocenters. The number of piperidine rings is 1. The zero-order valence-corrected chi connectivity index (χ0v) is 22.5. The molecular formula is C27H46Cl2CrN-. The summed E-state index contributed by atoms with van der Waals surface area (Å²) in [5, 5.41) is 3.85.